The van der Waals surface area contributed by atoms with Gasteiger partial charge in [-0.3, -0.25) is 0 Å². The summed E-state index contributed by atoms with van der Waals surface area (Å²) in [5.74, 6) is 1.70. The minimum Gasteiger partial charge on any atom is -0.497 e. The second kappa shape index (κ2) is 8.20. The van der Waals surface area contributed by atoms with Crippen LogP contribution >= 0.6 is 0 Å². The molecule has 1 N–H and O–H groups in total. The quantitative estimate of drug-likeness (QED) is 0.704. The first-order valence-corrected chi connectivity index (χ1v) is 9.58. The molecule has 1 atom stereocenters. The van der Waals surface area contributed by atoms with Crippen molar-refractivity contribution in [1.29, 1.82) is 0 Å². The zero-order valence-corrected chi connectivity index (χ0v) is 15.6. The zero-order valence-electron chi connectivity index (χ0n) is 15.6. The van der Waals surface area contributed by atoms with Gasteiger partial charge in [-0.05, 0) is 53.1 Å². The van der Waals surface area contributed by atoms with Crippen molar-refractivity contribution in [2.45, 2.75) is 44.2 Å². The third-order valence-corrected chi connectivity index (χ3v) is 5.23. The average Bonchev–Trinajstić information content (AvgIpc) is 3.23. The van der Waals surface area contributed by atoms with Crippen LogP contribution in [0.4, 0.5) is 5.69 Å². The van der Waals surface area contributed by atoms with Gasteiger partial charge in [-0.2, -0.15) is 0 Å². The molecule has 2 aromatic carbocycles. The fraction of sp³-hybridized carbons (Fsp3) is 0.381. The summed E-state index contributed by atoms with van der Waals surface area (Å²) in [6.45, 7) is 0. The number of methoxy groups -OCH3 is 1. The highest BCUT2D eigenvalue weighted by atomic mass is 16.5. The van der Waals surface area contributed by atoms with E-state index in [4.69, 9.17) is 4.74 Å². The Balaban J connectivity index is 1.67. The van der Waals surface area contributed by atoms with E-state index >= 15 is 0 Å². The molecule has 1 aliphatic rings. The molecule has 0 aliphatic heterocycles. The summed E-state index contributed by atoms with van der Waals surface area (Å²) in [5.41, 5.74) is 2.14. The van der Waals surface area contributed by atoms with Crippen molar-refractivity contribution in [2.75, 3.05) is 12.4 Å². The number of hydrogen-bond acceptors (Lipinski definition) is 5. The fourth-order valence-electron chi connectivity index (χ4n) is 3.77. The van der Waals surface area contributed by atoms with E-state index in [1.165, 1.54) is 19.3 Å². The molecule has 6 nitrogen and oxygen atoms in total. The number of nitrogens with zero attached hydrogens (tertiary/aromatic N) is 4. The highest BCUT2D eigenvalue weighted by Gasteiger charge is 2.26. The Morgan fingerprint density at radius 1 is 1.00 bits per heavy atom. The summed E-state index contributed by atoms with van der Waals surface area (Å²) in [6.07, 6.45) is 6.07. The number of benzene rings is 2. The van der Waals surface area contributed by atoms with Crippen LogP contribution in [0, 0.1) is 0 Å². The number of rotatable bonds is 6. The lowest BCUT2D eigenvalue weighted by molar-refractivity contribution is 0.315. The number of tetrazole rings is 1. The molecular formula is C21H25N5O. The van der Waals surface area contributed by atoms with Crippen LogP contribution in [0.1, 0.15) is 55.6 Å². The second-order valence-electron chi connectivity index (χ2n) is 6.99. The van der Waals surface area contributed by atoms with Crippen LogP contribution in [0.15, 0.2) is 54.6 Å². The van der Waals surface area contributed by atoms with Gasteiger partial charge in [0, 0.05) is 5.69 Å². The summed E-state index contributed by atoms with van der Waals surface area (Å²) in [4.78, 5) is 0. The Morgan fingerprint density at radius 2 is 1.74 bits per heavy atom. The van der Waals surface area contributed by atoms with E-state index in [2.05, 4.69) is 33.0 Å². The smallest absolute Gasteiger partial charge is 0.178 e. The van der Waals surface area contributed by atoms with Crippen LogP contribution in [0.5, 0.6) is 5.75 Å². The molecule has 1 saturated carbocycles. The van der Waals surface area contributed by atoms with Crippen molar-refractivity contribution in [3.63, 3.8) is 0 Å². The van der Waals surface area contributed by atoms with Gasteiger partial charge in [0.05, 0.1) is 13.2 Å². The predicted octanol–water partition coefficient (Wildman–Crippen LogP) is 4.39. The van der Waals surface area contributed by atoms with E-state index < -0.39 is 0 Å². The molecule has 3 aromatic rings. The number of ether oxygens (including phenoxy) is 1. The van der Waals surface area contributed by atoms with Gasteiger partial charge in [0.25, 0.3) is 0 Å². The lowest BCUT2D eigenvalue weighted by Crippen LogP contribution is -2.23. The molecule has 1 aliphatic carbocycles. The van der Waals surface area contributed by atoms with Crippen molar-refractivity contribution >= 4 is 5.69 Å². The number of hydrogen-bond donors (Lipinski definition) is 1. The SMILES string of the molecule is COc1ccc(N[C@@H](c2ccccc2)c2nnnn2C2CCCCC2)cc1. The summed E-state index contributed by atoms with van der Waals surface area (Å²) in [6, 6.07) is 18.6. The first-order valence-electron chi connectivity index (χ1n) is 9.58. The van der Waals surface area contributed by atoms with Crippen LogP contribution in [0.2, 0.25) is 0 Å². The van der Waals surface area contributed by atoms with Gasteiger partial charge >= 0.3 is 0 Å². The molecule has 1 fully saturated rings. The minimum absolute atomic E-state index is 0.114. The molecule has 0 unspecified atom stereocenters. The van der Waals surface area contributed by atoms with E-state index in [0.717, 1.165) is 35.7 Å². The maximum Gasteiger partial charge on any atom is 0.178 e. The van der Waals surface area contributed by atoms with Crippen molar-refractivity contribution in [1.82, 2.24) is 20.2 Å². The third kappa shape index (κ3) is 3.94. The Kier molecular flexibility index (Phi) is 5.32. The van der Waals surface area contributed by atoms with E-state index in [1.54, 1.807) is 7.11 Å². The molecule has 4 rings (SSSR count). The van der Waals surface area contributed by atoms with Gasteiger partial charge in [-0.15, -0.1) is 5.10 Å². The highest BCUT2D eigenvalue weighted by Crippen LogP contribution is 2.32. The highest BCUT2D eigenvalue weighted by molar-refractivity contribution is 5.49. The Bertz CT molecular complexity index is 841. The van der Waals surface area contributed by atoms with E-state index in [0.29, 0.717) is 6.04 Å². The second-order valence-corrected chi connectivity index (χ2v) is 6.99. The van der Waals surface area contributed by atoms with Crippen molar-refractivity contribution < 1.29 is 4.74 Å². The summed E-state index contributed by atoms with van der Waals surface area (Å²) >= 11 is 0. The zero-order chi connectivity index (χ0) is 18.5. The third-order valence-electron chi connectivity index (χ3n) is 5.23. The van der Waals surface area contributed by atoms with Crippen LogP contribution in [-0.4, -0.2) is 27.3 Å². The van der Waals surface area contributed by atoms with E-state index in [9.17, 15) is 0 Å². The Labute approximate surface area is 159 Å². The Morgan fingerprint density at radius 3 is 2.44 bits per heavy atom. The standard InChI is InChI=1S/C21H25N5O/c1-27-19-14-12-17(13-15-19)22-20(16-8-4-2-5-9-16)21-23-24-25-26(21)18-10-6-3-7-11-18/h2,4-5,8-9,12-15,18,20,22H,3,6-7,10-11H2,1H3/t20-/m0/s1. The average molecular weight is 363 g/mol. The van der Waals surface area contributed by atoms with Crippen LogP contribution in [0.25, 0.3) is 0 Å². The molecule has 0 bridgehead atoms. The lowest BCUT2D eigenvalue weighted by Gasteiger charge is -2.26. The summed E-state index contributed by atoms with van der Waals surface area (Å²) in [5, 5.41) is 16.4. The maximum atomic E-state index is 5.27. The molecule has 0 amide bonds. The molecule has 1 aromatic heterocycles. The fourth-order valence-corrected chi connectivity index (χ4v) is 3.77. The maximum absolute atomic E-state index is 5.27. The van der Waals surface area contributed by atoms with Crippen LogP contribution < -0.4 is 10.1 Å². The topological polar surface area (TPSA) is 64.9 Å². The summed E-state index contributed by atoms with van der Waals surface area (Å²) < 4.78 is 7.30. The largest absolute Gasteiger partial charge is 0.497 e. The number of nitrogens with one attached hydrogen (secondary N) is 1. The van der Waals surface area contributed by atoms with Gasteiger partial charge in [-0.25, -0.2) is 4.68 Å². The van der Waals surface area contributed by atoms with Crippen molar-refractivity contribution in [3.05, 3.63) is 66.0 Å². The van der Waals surface area contributed by atoms with Crippen molar-refractivity contribution in [2.24, 2.45) is 0 Å². The molecule has 0 saturated heterocycles. The van der Waals surface area contributed by atoms with E-state index in [1.807, 2.05) is 47.1 Å². The molecule has 140 valence electrons. The van der Waals surface area contributed by atoms with Gasteiger partial charge < -0.3 is 10.1 Å². The van der Waals surface area contributed by atoms with E-state index in [-0.39, 0.29) is 6.04 Å². The van der Waals surface area contributed by atoms with Gasteiger partial charge in [0.2, 0.25) is 0 Å². The number of aromatic nitrogens is 4. The first kappa shape index (κ1) is 17.5. The van der Waals surface area contributed by atoms with Gasteiger partial charge in [0.15, 0.2) is 5.82 Å². The van der Waals surface area contributed by atoms with Gasteiger partial charge in [-0.1, -0.05) is 49.6 Å². The van der Waals surface area contributed by atoms with Crippen molar-refractivity contribution in [3.8, 4) is 5.75 Å². The monoisotopic (exact) mass is 363 g/mol. The minimum atomic E-state index is -0.114. The molecule has 1 heterocycles. The van der Waals surface area contributed by atoms with Gasteiger partial charge in [0.1, 0.15) is 11.8 Å². The molecular weight excluding hydrogens is 338 g/mol. The lowest BCUT2D eigenvalue weighted by atomic mass is 9.95. The molecule has 27 heavy (non-hydrogen) atoms. The van der Waals surface area contributed by atoms with Crippen LogP contribution in [-0.2, 0) is 0 Å². The predicted molar refractivity (Wildman–Crippen MR) is 105 cm³/mol. The molecule has 0 spiro atoms. The molecule has 0 radical (unpaired) electrons. The summed E-state index contributed by atoms with van der Waals surface area (Å²) in [7, 11) is 1.67. The first-order chi connectivity index (χ1) is 13.3. The molecule has 6 heteroatoms. The Hall–Kier alpha value is -2.89. The number of anilines is 1. The normalized spacial score (nSPS) is 16.0. The van der Waals surface area contributed by atoms with Crippen LogP contribution in [0.3, 0.4) is 0 Å².